The van der Waals surface area contributed by atoms with Crippen molar-refractivity contribution in [2.75, 3.05) is 0 Å². The highest BCUT2D eigenvalue weighted by atomic mass is 35.6. The fourth-order valence-corrected chi connectivity index (χ4v) is 21.3. The van der Waals surface area contributed by atoms with Crippen molar-refractivity contribution in [1.29, 1.82) is 0 Å². The van der Waals surface area contributed by atoms with Crippen molar-refractivity contribution >= 4 is 58.0 Å². The molecule has 138 valence electrons. The second kappa shape index (κ2) is 6.61. The summed E-state index contributed by atoms with van der Waals surface area (Å²) in [4.78, 5) is 0. The summed E-state index contributed by atoms with van der Waals surface area (Å²) in [6.07, 6.45) is 0. The highest BCUT2D eigenvalue weighted by molar-refractivity contribution is 7.48. The van der Waals surface area contributed by atoms with Crippen molar-refractivity contribution in [3.8, 4) is 0 Å². The van der Waals surface area contributed by atoms with Crippen LogP contribution in [0.15, 0.2) is 84.9 Å². The summed E-state index contributed by atoms with van der Waals surface area (Å²) in [6, 6.07) is 29.6. The smallest absolute Gasteiger partial charge is 0.287 e. The van der Waals surface area contributed by atoms with Gasteiger partial charge in [-0.1, -0.05) is 84.9 Å². The Kier molecular flexibility index (Phi) is 4.64. The summed E-state index contributed by atoms with van der Waals surface area (Å²) in [5.74, 6) is 0. The molecule has 1 aliphatic heterocycles. The van der Waals surface area contributed by atoms with E-state index in [1.165, 1.54) is 20.7 Å². The van der Waals surface area contributed by atoms with Gasteiger partial charge in [-0.2, -0.15) is 0 Å². The van der Waals surface area contributed by atoms with Gasteiger partial charge in [0.1, 0.15) is 0 Å². The van der Waals surface area contributed by atoms with Gasteiger partial charge in [0.05, 0.1) is 0 Å². The lowest BCUT2D eigenvalue weighted by Crippen LogP contribution is -2.75. The van der Waals surface area contributed by atoms with E-state index in [0.717, 1.165) is 0 Å². The first-order chi connectivity index (χ1) is 12.8. The number of hydrogen-bond acceptors (Lipinski definition) is 1. The quantitative estimate of drug-likeness (QED) is 0.447. The van der Waals surface area contributed by atoms with Gasteiger partial charge in [0.15, 0.2) is 0 Å². The molecule has 0 N–H and O–H groups in total. The minimum absolute atomic E-state index is 0.174. The van der Waals surface area contributed by atoms with E-state index >= 15 is 0 Å². The van der Waals surface area contributed by atoms with Crippen LogP contribution in [0.1, 0.15) is 20.8 Å². The fourth-order valence-electron chi connectivity index (χ4n) is 4.33. The van der Waals surface area contributed by atoms with Crippen LogP contribution < -0.4 is 20.7 Å². The molecule has 3 aromatic rings. The maximum absolute atomic E-state index is 7.73. The van der Waals surface area contributed by atoms with Gasteiger partial charge in [-0.05, 0) is 41.5 Å². The highest BCUT2D eigenvalue weighted by Crippen LogP contribution is 2.37. The summed E-state index contributed by atoms with van der Waals surface area (Å²) in [7, 11) is -5.46. The molecule has 4 rings (SSSR count). The van der Waals surface area contributed by atoms with Crippen molar-refractivity contribution in [2.24, 2.45) is 0 Å². The number of benzene rings is 3. The molecule has 0 saturated carbocycles. The Balaban J connectivity index is 2.10. The van der Waals surface area contributed by atoms with E-state index in [2.05, 4.69) is 97.8 Å². The second-order valence-corrected chi connectivity index (χ2v) is 17.4. The van der Waals surface area contributed by atoms with Crippen LogP contribution in [0.25, 0.3) is 0 Å². The van der Waals surface area contributed by atoms with Crippen molar-refractivity contribution < 1.29 is 0 Å². The molecule has 5 heteroatoms. The Morgan fingerprint density at radius 2 is 0.926 bits per heavy atom. The van der Waals surface area contributed by atoms with Crippen molar-refractivity contribution in [2.45, 2.75) is 26.3 Å². The summed E-state index contributed by atoms with van der Waals surface area (Å²) in [5.41, 5.74) is -0.174. The molecule has 0 radical (unpaired) electrons. The molecule has 0 saturated heterocycles. The number of rotatable bonds is 2. The summed E-state index contributed by atoms with van der Waals surface area (Å²) < 4.78 is 2.52. The average molecular weight is 429 g/mol. The van der Waals surface area contributed by atoms with Crippen molar-refractivity contribution in [3.05, 3.63) is 84.9 Å². The molecule has 0 aromatic heterocycles. The molecule has 0 aliphatic carbocycles. The molecule has 1 nitrogen and oxygen atoms in total. The summed E-state index contributed by atoms with van der Waals surface area (Å²) in [6.45, 7) is 6.71. The maximum Gasteiger partial charge on any atom is 0.287 e. The van der Waals surface area contributed by atoms with Crippen LogP contribution in [-0.4, -0.2) is 24.9 Å². The monoisotopic (exact) mass is 427 g/mol. The standard InChI is InChI=1S/C22H23Cl2NSi2/c1-22(2,3)25-26(23,18-12-6-4-7-13-18)20-16-10-11-17-21(20)27(25,24)19-14-8-5-9-15-19/h4-17H,1-3H3. The molecule has 3 aromatic carbocycles. The third-order valence-corrected chi connectivity index (χ3v) is 19.0. The van der Waals surface area contributed by atoms with Gasteiger partial charge in [0.2, 0.25) is 0 Å². The highest BCUT2D eigenvalue weighted by Gasteiger charge is 2.65. The van der Waals surface area contributed by atoms with Gasteiger partial charge in [-0.25, -0.2) is 0 Å². The SMILES string of the molecule is CC(C)(C)N1[Si](Cl)(c2ccccc2)c2ccccc2[Si]1(Cl)c1ccccc1. The van der Waals surface area contributed by atoms with E-state index in [1.54, 1.807) is 0 Å². The molecule has 1 heterocycles. The molecule has 0 bridgehead atoms. The van der Waals surface area contributed by atoms with Gasteiger partial charge in [-0.3, -0.25) is 0 Å². The van der Waals surface area contributed by atoms with E-state index in [0.29, 0.717) is 0 Å². The normalized spacial score (nSPS) is 25.4. The van der Waals surface area contributed by atoms with E-state index < -0.39 is 15.1 Å². The lowest BCUT2D eigenvalue weighted by atomic mass is 10.1. The Bertz CT molecular complexity index is 886. The van der Waals surface area contributed by atoms with Crippen LogP contribution in [0.4, 0.5) is 0 Å². The Morgan fingerprint density at radius 1 is 0.593 bits per heavy atom. The number of fused-ring (bicyclic) bond motifs is 1. The molecule has 0 amide bonds. The fraction of sp³-hybridized carbons (Fsp3) is 0.182. The predicted molar refractivity (Wildman–Crippen MR) is 123 cm³/mol. The molecular formula is C22H23Cl2NSi2. The van der Waals surface area contributed by atoms with Gasteiger partial charge in [0, 0.05) is 5.54 Å². The van der Waals surface area contributed by atoms with E-state index in [4.69, 9.17) is 22.2 Å². The predicted octanol–water partition coefficient (Wildman–Crippen LogP) is 3.39. The summed E-state index contributed by atoms with van der Waals surface area (Å²) in [5, 5.41) is 4.86. The molecule has 2 unspecified atom stereocenters. The molecule has 2 atom stereocenters. The number of hydrogen-bond donors (Lipinski definition) is 0. The molecule has 27 heavy (non-hydrogen) atoms. The molecule has 0 spiro atoms. The Hall–Kier alpha value is -1.37. The first-order valence-electron chi connectivity index (χ1n) is 9.20. The first kappa shape index (κ1) is 19.0. The molecule has 0 fully saturated rings. The average Bonchev–Trinajstić information content (AvgIpc) is 2.90. The van der Waals surface area contributed by atoms with E-state index in [1.807, 2.05) is 12.1 Å². The van der Waals surface area contributed by atoms with Crippen molar-refractivity contribution in [3.63, 3.8) is 0 Å². The summed E-state index contributed by atoms with van der Waals surface area (Å²) >= 11 is 15.5. The van der Waals surface area contributed by atoms with Crippen molar-refractivity contribution in [1.82, 2.24) is 4.23 Å². The zero-order valence-corrected chi connectivity index (χ0v) is 19.3. The van der Waals surface area contributed by atoms with Gasteiger partial charge < -0.3 is 4.23 Å². The van der Waals surface area contributed by atoms with Crippen LogP contribution >= 0.6 is 22.2 Å². The third-order valence-electron chi connectivity index (χ3n) is 5.24. The van der Waals surface area contributed by atoms with Crippen LogP contribution in [-0.2, 0) is 0 Å². The van der Waals surface area contributed by atoms with E-state index in [9.17, 15) is 0 Å². The second-order valence-electron chi connectivity index (χ2n) is 8.03. The lowest BCUT2D eigenvalue weighted by molar-refractivity contribution is 0.369. The number of nitrogens with zero attached hydrogens (tertiary/aromatic N) is 1. The van der Waals surface area contributed by atoms with Crippen LogP contribution in [0, 0.1) is 0 Å². The topological polar surface area (TPSA) is 3.24 Å². The minimum Gasteiger partial charge on any atom is -0.303 e. The zero-order chi connectivity index (χ0) is 19.3. The van der Waals surface area contributed by atoms with Crippen LogP contribution in [0.3, 0.4) is 0 Å². The zero-order valence-electron chi connectivity index (χ0n) is 15.8. The lowest BCUT2D eigenvalue weighted by Gasteiger charge is -2.48. The first-order valence-corrected chi connectivity index (χ1v) is 15.1. The van der Waals surface area contributed by atoms with Gasteiger partial charge >= 0.3 is 0 Å². The number of halogens is 2. The maximum atomic E-state index is 7.73. The molecular weight excluding hydrogens is 405 g/mol. The Labute approximate surface area is 173 Å². The third kappa shape index (κ3) is 2.76. The minimum atomic E-state index is -2.73. The van der Waals surface area contributed by atoms with Crippen LogP contribution in [0.2, 0.25) is 0 Å². The largest absolute Gasteiger partial charge is 0.303 e. The van der Waals surface area contributed by atoms with Crippen LogP contribution in [0.5, 0.6) is 0 Å². The van der Waals surface area contributed by atoms with E-state index in [-0.39, 0.29) is 5.54 Å². The molecule has 1 aliphatic rings. The van der Waals surface area contributed by atoms with Gasteiger partial charge in [0.25, 0.3) is 15.1 Å². The Morgan fingerprint density at radius 3 is 1.26 bits per heavy atom. The van der Waals surface area contributed by atoms with Gasteiger partial charge in [-0.15, -0.1) is 22.2 Å².